The van der Waals surface area contributed by atoms with Crippen LogP contribution in [-0.4, -0.2) is 10.9 Å². The van der Waals surface area contributed by atoms with E-state index in [1.807, 2.05) is 13.8 Å². The van der Waals surface area contributed by atoms with Crippen molar-refractivity contribution >= 4 is 5.91 Å². The smallest absolute Gasteiger partial charge is 0.263 e. The second kappa shape index (κ2) is 7.91. The lowest BCUT2D eigenvalue weighted by Gasteiger charge is -2.04. The van der Waals surface area contributed by atoms with Crippen molar-refractivity contribution in [1.29, 1.82) is 0 Å². The van der Waals surface area contributed by atoms with Gasteiger partial charge < -0.3 is 0 Å². The summed E-state index contributed by atoms with van der Waals surface area (Å²) in [7, 11) is 0. The van der Waals surface area contributed by atoms with Crippen molar-refractivity contribution in [3.8, 4) is 0 Å². The number of hydrogen-bond acceptors (Lipinski definition) is 2. The van der Waals surface area contributed by atoms with Crippen LogP contribution in [0.25, 0.3) is 0 Å². The van der Waals surface area contributed by atoms with Crippen LogP contribution in [0, 0.1) is 0 Å². The fraction of sp³-hybridized carbons (Fsp3) is 0.286. The highest BCUT2D eigenvalue weighted by Gasteiger charge is 1.95. The third-order valence-corrected chi connectivity index (χ3v) is 0.626. The molecule has 0 aromatic heterocycles. The Bertz CT molecular complexity index is 121. The molecule has 10 heavy (non-hydrogen) atoms. The molecule has 0 aliphatic heterocycles. The van der Waals surface area contributed by atoms with Gasteiger partial charge in [-0.15, -0.1) is 0 Å². The quantitative estimate of drug-likeness (QED) is 0.271. The van der Waals surface area contributed by atoms with Crippen molar-refractivity contribution in [3.05, 3.63) is 25.4 Å². The van der Waals surface area contributed by atoms with Gasteiger partial charge in [0.15, 0.2) is 0 Å². The average molecular weight is 142 g/mol. The highest BCUT2D eigenvalue weighted by atomic mass is 16.2. The summed E-state index contributed by atoms with van der Waals surface area (Å²) in [6.07, 6.45) is 2.33. The van der Waals surface area contributed by atoms with Gasteiger partial charge in [0.25, 0.3) is 5.91 Å². The van der Waals surface area contributed by atoms with Crippen molar-refractivity contribution < 1.29 is 4.79 Å². The number of nitrogens with zero attached hydrogens (tertiary/aromatic N) is 1. The largest absolute Gasteiger partial charge is 0.268 e. The summed E-state index contributed by atoms with van der Waals surface area (Å²) in [5.41, 5.74) is 0. The van der Waals surface area contributed by atoms with Crippen LogP contribution in [0.1, 0.15) is 13.8 Å². The van der Waals surface area contributed by atoms with Crippen LogP contribution in [0.15, 0.2) is 25.4 Å². The summed E-state index contributed by atoms with van der Waals surface area (Å²) in [5.74, 6) is 4.66. The molecule has 0 unspecified atom stereocenters. The Morgan fingerprint density at radius 1 is 1.50 bits per heavy atom. The zero-order valence-corrected chi connectivity index (χ0v) is 6.50. The zero-order valence-electron chi connectivity index (χ0n) is 6.50. The molecule has 0 bridgehead atoms. The number of nitrogens with two attached hydrogens (primary N) is 1. The second-order valence-electron chi connectivity index (χ2n) is 1.13. The Balaban J connectivity index is 0. The SMILES string of the molecule is C=CC(=O)N(N)C=C.CC. The molecule has 0 fully saturated rings. The molecule has 0 radical (unpaired) electrons. The maximum atomic E-state index is 10.4. The number of rotatable bonds is 2. The molecule has 2 N–H and O–H groups in total. The molecule has 0 spiro atoms. The van der Waals surface area contributed by atoms with Crippen LogP contribution in [0.2, 0.25) is 0 Å². The summed E-state index contributed by atoms with van der Waals surface area (Å²) in [6, 6.07) is 0. The van der Waals surface area contributed by atoms with E-state index in [0.717, 1.165) is 11.1 Å². The van der Waals surface area contributed by atoms with Crippen molar-refractivity contribution in [2.45, 2.75) is 13.8 Å². The lowest BCUT2D eigenvalue weighted by atomic mass is 10.6. The number of amides is 1. The van der Waals surface area contributed by atoms with E-state index in [1.165, 1.54) is 6.20 Å². The molecular formula is C7H14N2O. The lowest BCUT2D eigenvalue weighted by Crippen LogP contribution is -2.29. The Hall–Kier alpha value is -1.09. The molecule has 0 heterocycles. The first-order chi connectivity index (χ1) is 4.72. The third-order valence-electron chi connectivity index (χ3n) is 0.626. The molecule has 3 nitrogen and oxygen atoms in total. The van der Waals surface area contributed by atoms with Gasteiger partial charge in [-0.1, -0.05) is 27.0 Å². The van der Waals surface area contributed by atoms with Crippen LogP contribution < -0.4 is 5.84 Å². The first-order valence-electron chi connectivity index (χ1n) is 3.05. The summed E-state index contributed by atoms with van der Waals surface area (Å²) in [4.78, 5) is 10.4. The molecule has 0 aliphatic carbocycles. The minimum atomic E-state index is -0.361. The minimum Gasteiger partial charge on any atom is -0.268 e. The Morgan fingerprint density at radius 2 is 1.90 bits per heavy atom. The van der Waals surface area contributed by atoms with E-state index in [9.17, 15) is 4.79 Å². The third kappa shape index (κ3) is 5.05. The minimum absolute atomic E-state index is 0.361. The molecule has 0 saturated carbocycles. The van der Waals surface area contributed by atoms with Crippen LogP contribution >= 0.6 is 0 Å². The van der Waals surface area contributed by atoms with Gasteiger partial charge in [-0.25, -0.2) is 5.84 Å². The second-order valence-corrected chi connectivity index (χ2v) is 1.13. The van der Waals surface area contributed by atoms with E-state index < -0.39 is 0 Å². The Labute approximate surface area is 61.8 Å². The molecule has 0 saturated heterocycles. The molecule has 0 aromatic rings. The van der Waals surface area contributed by atoms with Gasteiger partial charge in [0.05, 0.1) is 0 Å². The van der Waals surface area contributed by atoms with Crippen LogP contribution in [0.5, 0.6) is 0 Å². The zero-order chi connectivity index (χ0) is 8.57. The summed E-state index contributed by atoms with van der Waals surface area (Å²) in [6.45, 7) is 10.5. The van der Waals surface area contributed by atoms with Gasteiger partial charge >= 0.3 is 0 Å². The van der Waals surface area contributed by atoms with Gasteiger partial charge in [-0.3, -0.25) is 9.80 Å². The summed E-state index contributed by atoms with van der Waals surface area (Å²) >= 11 is 0. The molecular weight excluding hydrogens is 128 g/mol. The van der Waals surface area contributed by atoms with Crippen LogP contribution in [0.4, 0.5) is 0 Å². The predicted molar refractivity (Wildman–Crippen MR) is 42.8 cm³/mol. The van der Waals surface area contributed by atoms with Crippen molar-refractivity contribution in [1.82, 2.24) is 5.01 Å². The lowest BCUT2D eigenvalue weighted by molar-refractivity contribution is -0.123. The summed E-state index contributed by atoms with van der Waals surface area (Å²) < 4.78 is 0. The molecule has 58 valence electrons. The normalized spacial score (nSPS) is 6.70. The molecule has 1 amide bonds. The van der Waals surface area contributed by atoms with Gasteiger partial charge in [-0.05, 0) is 6.08 Å². The molecule has 3 heteroatoms. The molecule has 0 rings (SSSR count). The maximum absolute atomic E-state index is 10.4. The molecule has 0 aliphatic rings. The standard InChI is InChI=1S/C5H8N2O.C2H6/c1-3-5(8)7(6)4-2;1-2/h3-4H,1-2,6H2;1-2H3. The van der Waals surface area contributed by atoms with Crippen LogP contribution in [-0.2, 0) is 4.79 Å². The van der Waals surface area contributed by atoms with E-state index in [0.29, 0.717) is 0 Å². The molecule has 0 aromatic carbocycles. The average Bonchev–Trinajstić information content (AvgIpc) is 2.05. The van der Waals surface area contributed by atoms with E-state index >= 15 is 0 Å². The fourth-order valence-corrected chi connectivity index (χ4v) is 0.195. The van der Waals surface area contributed by atoms with E-state index in [-0.39, 0.29) is 5.91 Å². The Kier molecular flexibility index (Phi) is 9.24. The first kappa shape index (κ1) is 11.7. The highest BCUT2D eigenvalue weighted by molar-refractivity contribution is 5.87. The number of hydrogen-bond donors (Lipinski definition) is 1. The first-order valence-corrected chi connectivity index (χ1v) is 3.05. The maximum Gasteiger partial charge on any atom is 0.263 e. The monoisotopic (exact) mass is 142 g/mol. The predicted octanol–water partition coefficient (Wildman–Crippen LogP) is 1.04. The number of carbonyl (C=O) groups is 1. The van der Waals surface area contributed by atoms with Crippen molar-refractivity contribution in [3.63, 3.8) is 0 Å². The van der Waals surface area contributed by atoms with E-state index in [4.69, 9.17) is 5.84 Å². The Morgan fingerprint density at radius 3 is 2.00 bits per heavy atom. The van der Waals surface area contributed by atoms with Crippen molar-refractivity contribution in [2.75, 3.05) is 0 Å². The van der Waals surface area contributed by atoms with Gasteiger partial charge in [0.1, 0.15) is 0 Å². The fourth-order valence-electron chi connectivity index (χ4n) is 0.195. The van der Waals surface area contributed by atoms with Crippen molar-refractivity contribution in [2.24, 2.45) is 5.84 Å². The van der Waals surface area contributed by atoms with Gasteiger partial charge in [0, 0.05) is 6.20 Å². The number of hydrazine groups is 1. The van der Waals surface area contributed by atoms with Crippen LogP contribution in [0.3, 0.4) is 0 Å². The topological polar surface area (TPSA) is 46.3 Å². The van der Waals surface area contributed by atoms with E-state index in [2.05, 4.69) is 13.2 Å². The highest BCUT2D eigenvalue weighted by Crippen LogP contribution is 1.78. The van der Waals surface area contributed by atoms with Gasteiger partial charge in [-0.2, -0.15) is 0 Å². The molecule has 0 atom stereocenters. The van der Waals surface area contributed by atoms with E-state index in [1.54, 1.807) is 0 Å². The number of carbonyl (C=O) groups excluding carboxylic acids is 1. The van der Waals surface area contributed by atoms with Gasteiger partial charge in [0.2, 0.25) is 0 Å². The summed E-state index contributed by atoms with van der Waals surface area (Å²) in [5, 5.41) is 0.854.